The fraction of sp³-hybridized carbons (Fsp3) is 0.526. The smallest absolute Gasteiger partial charge is 0.237 e. The van der Waals surface area contributed by atoms with Gasteiger partial charge in [0.1, 0.15) is 0 Å². The van der Waals surface area contributed by atoms with E-state index in [4.69, 9.17) is 5.73 Å². The maximum atomic E-state index is 12.2. The van der Waals surface area contributed by atoms with E-state index in [0.717, 1.165) is 35.3 Å². The van der Waals surface area contributed by atoms with Gasteiger partial charge in [0.25, 0.3) is 0 Å². The van der Waals surface area contributed by atoms with Crippen molar-refractivity contribution in [1.29, 1.82) is 0 Å². The number of amides is 1. The predicted octanol–water partition coefficient (Wildman–Crippen LogP) is 1.89. The zero-order valence-electron chi connectivity index (χ0n) is 14.4. The van der Waals surface area contributed by atoms with E-state index >= 15 is 0 Å². The number of hydrogen-bond acceptors (Lipinski definition) is 3. The second-order valence-corrected chi connectivity index (χ2v) is 7.00. The highest BCUT2D eigenvalue weighted by molar-refractivity contribution is 5.86. The Bertz CT molecular complexity index is 673. The molecule has 5 heteroatoms. The number of hydrogen-bond donors (Lipinski definition) is 3. The van der Waals surface area contributed by atoms with Crippen LogP contribution in [0.25, 0.3) is 10.9 Å². The SMILES string of the molecule is CN1CCC(CCNC(=O)[C@@H](N)Cc2c[nH]c3ccccc23)CC1. The van der Waals surface area contributed by atoms with Crippen molar-refractivity contribution in [2.24, 2.45) is 11.7 Å². The Morgan fingerprint density at radius 3 is 2.92 bits per heavy atom. The summed E-state index contributed by atoms with van der Waals surface area (Å²) in [5, 5.41) is 4.16. The lowest BCUT2D eigenvalue weighted by Gasteiger charge is -2.29. The van der Waals surface area contributed by atoms with Crippen LogP contribution >= 0.6 is 0 Å². The fourth-order valence-electron chi connectivity index (χ4n) is 3.51. The zero-order valence-corrected chi connectivity index (χ0v) is 14.4. The van der Waals surface area contributed by atoms with Gasteiger partial charge in [0, 0.05) is 23.6 Å². The highest BCUT2D eigenvalue weighted by Gasteiger charge is 2.18. The first kappa shape index (κ1) is 17.0. The summed E-state index contributed by atoms with van der Waals surface area (Å²) in [6.45, 7) is 3.06. The summed E-state index contributed by atoms with van der Waals surface area (Å²) in [6, 6.07) is 7.60. The molecule has 2 aromatic rings. The molecule has 0 aliphatic carbocycles. The van der Waals surface area contributed by atoms with Crippen molar-refractivity contribution in [3.8, 4) is 0 Å². The number of para-hydroxylation sites is 1. The number of piperidine rings is 1. The number of fused-ring (bicyclic) bond motifs is 1. The minimum atomic E-state index is -0.498. The molecule has 0 saturated carbocycles. The maximum absolute atomic E-state index is 12.2. The van der Waals surface area contributed by atoms with E-state index in [9.17, 15) is 4.79 Å². The molecular formula is C19H28N4O. The zero-order chi connectivity index (χ0) is 16.9. The summed E-state index contributed by atoms with van der Waals surface area (Å²) in [5.41, 5.74) is 8.29. The molecular weight excluding hydrogens is 300 g/mol. The van der Waals surface area contributed by atoms with E-state index in [0.29, 0.717) is 6.42 Å². The van der Waals surface area contributed by atoms with Crippen molar-refractivity contribution in [3.05, 3.63) is 36.0 Å². The van der Waals surface area contributed by atoms with Gasteiger partial charge in [0.2, 0.25) is 5.91 Å². The maximum Gasteiger partial charge on any atom is 0.237 e. The predicted molar refractivity (Wildman–Crippen MR) is 97.8 cm³/mol. The van der Waals surface area contributed by atoms with Crippen molar-refractivity contribution in [2.45, 2.75) is 31.7 Å². The third-order valence-corrected chi connectivity index (χ3v) is 5.14. The molecule has 4 N–H and O–H groups in total. The molecule has 1 aliphatic rings. The number of rotatable bonds is 6. The lowest BCUT2D eigenvalue weighted by Crippen LogP contribution is -2.43. The van der Waals surface area contributed by atoms with Crippen molar-refractivity contribution in [2.75, 3.05) is 26.7 Å². The van der Waals surface area contributed by atoms with Gasteiger partial charge in [0.15, 0.2) is 0 Å². The Labute approximate surface area is 143 Å². The number of H-pyrrole nitrogens is 1. The van der Waals surface area contributed by atoms with Crippen LogP contribution in [0.3, 0.4) is 0 Å². The van der Waals surface area contributed by atoms with Gasteiger partial charge in [0.05, 0.1) is 6.04 Å². The number of nitrogens with zero attached hydrogens (tertiary/aromatic N) is 1. The summed E-state index contributed by atoms with van der Waals surface area (Å²) < 4.78 is 0. The summed E-state index contributed by atoms with van der Waals surface area (Å²) in [4.78, 5) is 17.8. The molecule has 130 valence electrons. The van der Waals surface area contributed by atoms with Crippen LogP contribution in [0.1, 0.15) is 24.8 Å². The number of aromatic amines is 1. The van der Waals surface area contributed by atoms with Crippen LogP contribution in [0.5, 0.6) is 0 Å². The van der Waals surface area contributed by atoms with Gasteiger partial charge >= 0.3 is 0 Å². The van der Waals surface area contributed by atoms with E-state index in [1.807, 2.05) is 24.4 Å². The molecule has 0 unspecified atom stereocenters. The Balaban J connectivity index is 1.45. The number of likely N-dealkylation sites (tertiary alicyclic amines) is 1. The Morgan fingerprint density at radius 1 is 1.38 bits per heavy atom. The lowest BCUT2D eigenvalue weighted by atomic mass is 9.94. The van der Waals surface area contributed by atoms with E-state index in [1.165, 1.54) is 25.9 Å². The standard InChI is InChI=1S/C19H28N4O/c1-23-10-7-14(8-11-23)6-9-21-19(24)17(20)12-15-13-22-18-5-3-2-4-16(15)18/h2-5,13-14,17,22H,6-12,20H2,1H3,(H,21,24)/t17-/m0/s1. The highest BCUT2D eigenvalue weighted by atomic mass is 16.2. The normalized spacial score (nSPS) is 17.9. The first-order valence-corrected chi connectivity index (χ1v) is 8.90. The second-order valence-electron chi connectivity index (χ2n) is 7.00. The fourth-order valence-corrected chi connectivity index (χ4v) is 3.51. The molecule has 5 nitrogen and oxygen atoms in total. The molecule has 0 radical (unpaired) electrons. The summed E-state index contributed by atoms with van der Waals surface area (Å²) in [7, 11) is 2.17. The molecule has 2 heterocycles. The number of carbonyl (C=O) groups excluding carboxylic acids is 1. The number of nitrogens with one attached hydrogen (secondary N) is 2. The minimum absolute atomic E-state index is 0.0480. The van der Waals surface area contributed by atoms with E-state index < -0.39 is 6.04 Å². The van der Waals surface area contributed by atoms with Gasteiger partial charge in [-0.1, -0.05) is 18.2 Å². The van der Waals surface area contributed by atoms with Crippen molar-refractivity contribution in [1.82, 2.24) is 15.2 Å². The molecule has 0 bridgehead atoms. The van der Waals surface area contributed by atoms with Crippen LogP contribution in [-0.2, 0) is 11.2 Å². The van der Waals surface area contributed by atoms with E-state index in [1.54, 1.807) is 0 Å². The number of carbonyl (C=O) groups is 1. The van der Waals surface area contributed by atoms with Crippen LogP contribution in [0.15, 0.2) is 30.5 Å². The first-order chi connectivity index (χ1) is 11.6. The van der Waals surface area contributed by atoms with Crippen molar-refractivity contribution < 1.29 is 4.79 Å². The van der Waals surface area contributed by atoms with Gasteiger partial charge in [-0.25, -0.2) is 0 Å². The Hall–Kier alpha value is -1.85. The third-order valence-electron chi connectivity index (χ3n) is 5.14. The van der Waals surface area contributed by atoms with Gasteiger partial charge in [-0.05, 0) is 63.4 Å². The molecule has 1 aromatic heterocycles. The molecule has 1 saturated heterocycles. The highest BCUT2D eigenvalue weighted by Crippen LogP contribution is 2.20. The molecule has 1 aliphatic heterocycles. The average molecular weight is 328 g/mol. The quantitative estimate of drug-likeness (QED) is 0.758. The van der Waals surface area contributed by atoms with E-state index in [2.05, 4.69) is 28.3 Å². The Morgan fingerprint density at radius 2 is 2.12 bits per heavy atom. The van der Waals surface area contributed by atoms with Gasteiger partial charge in [-0.2, -0.15) is 0 Å². The van der Waals surface area contributed by atoms with Gasteiger partial charge in [-0.3, -0.25) is 4.79 Å². The molecule has 1 amide bonds. The molecule has 3 rings (SSSR count). The van der Waals surface area contributed by atoms with Crippen LogP contribution in [0.4, 0.5) is 0 Å². The molecule has 0 spiro atoms. The van der Waals surface area contributed by atoms with Gasteiger partial charge < -0.3 is 20.9 Å². The molecule has 1 fully saturated rings. The van der Waals surface area contributed by atoms with Crippen molar-refractivity contribution >= 4 is 16.8 Å². The van der Waals surface area contributed by atoms with Crippen LogP contribution in [-0.4, -0.2) is 48.5 Å². The van der Waals surface area contributed by atoms with Crippen LogP contribution < -0.4 is 11.1 Å². The largest absolute Gasteiger partial charge is 0.361 e. The van der Waals surface area contributed by atoms with Crippen LogP contribution in [0.2, 0.25) is 0 Å². The Kier molecular flexibility index (Phi) is 5.53. The lowest BCUT2D eigenvalue weighted by molar-refractivity contribution is -0.122. The molecule has 24 heavy (non-hydrogen) atoms. The summed E-state index contributed by atoms with van der Waals surface area (Å²) >= 11 is 0. The topological polar surface area (TPSA) is 74.2 Å². The number of nitrogens with two attached hydrogens (primary N) is 1. The molecule has 1 aromatic carbocycles. The second kappa shape index (κ2) is 7.81. The third kappa shape index (κ3) is 4.16. The number of aromatic nitrogens is 1. The number of benzene rings is 1. The van der Waals surface area contributed by atoms with E-state index in [-0.39, 0.29) is 5.91 Å². The monoisotopic (exact) mass is 328 g/mol. The minimum Gasteiger partial charge on any atom is -0.361 e. The van der Waals surface area contributed by atoms with Gasteiger partial charge in [-0.15, -0.1) is 0 Å². The van der Waals surface area contributed by atoms with Crippen molar-refractivity contribution in [3.63, 3.8) is 0 Å². The molecule has 1 atom stereocenters. The van der Waals surface area contributed by atoms with Crippen LogP contribution in [0, 0.1) is 5.92 Å². The first-order valence-electron chi connectivity index (χ1n) is 8.90. The average Bonchev–Trinajstić information content (AvgIpc) is 3.00. The summed E-state index contributed by atoms with van der Waals surface area (Å²) in [5.74, 6) is 0.680. The summed E-state index contributed by atoms with van der Waals surface area (Å²) in [6.07, 6.45) is 6.03.